The molecule has 1 fully saturated rings. The predicted octanol–water partition coefficient (Wildman–Crippen LogP) is 3.40. The summed E-state index contributed by atoms with van der Waals surface area (Å²) < 4.78 is 0. The fourth-order valence-corrected chi connectivity index (χ4v) is 2.77. The molecule has 1 atom stereocenters. The highest BCUT2D eigenvalue weighted by Gasteiger charge is 2.26. The van der Waals surface area contributed by atoms with E-state index < -0.39 is 0 Å². The van der Waals surface area contributed by atoms with Crippen molar-refractivity contribution in [2.24, 2.45) is 0 Å². The Hall–Kier alpha value is -1.32. The SMILES string of the molecule is Clc1ccc(CN2CCC[C@H]2c2ccc[nH]2)cn1. The van der Waals surface area contributed by atoms with Crippen LogP contribution in [0.3, 0.4) is 0 Å². The minimum absolute atomic E-state index is 0.510. The quantitative estimate of drug-likeness (QED) is 0.859. The Balaban J connectivity index is 1.73. The third-order valence-corrected chi connectivity index (χ3v) is 3.74. The summed E-state index contributed by atoms with van der Waals surface area (Å²) in [6.45, 7) is 2.08. The van der Waals surface area contributed by atoms with Crippen LogP contribution in [-0.4, -0.2) is 21.4 Å². The van der Waals surface area contributed by atoms with E-state index in [-0.39, 0.29) is 0 Å². The van der Waals surface area contributed by atoms with E-state index in [2.05, 4.69) is 33.1 Å². The number of aromatic nitrogens is 2. The summed E-state index contributed by atoms with van der Waals surface area (Å²) in [6, 6.07) is 8.66. The Kier molecular flexibility index (Phi) is 3.35. The highest BCUT2D eigenvalue weighted by Crippen LogP contribution is 2.32. The van der Waals surface area contributed by atoms with Gasteiger partial charge in [-0.2, -0.15) is 0 Å². The van der Waals surface area contributed by atoms with Gasteiger partial charge in [-0.25, -0.2) is 4.98 Å². The second-order valence-electron chi connectivity index (χ2n) is 4.74. The molecule has 0 aliphatic carbocycles. The molecule has 3 nitrogen and oxygen atoms in total. The standard InChI is InChI=1S/C14H16ClN3/c15-14-6-5-11(9-17-14)10-18-8-2-4-13(18)12-3-1-7-16-12/h1,3,5-7,9,13,16H,2,4,8,10H2/t13-/m0/s1. The summed E-state index contributed by atoms with van der Waals surface area (Å²) in [4.78, 5) is 9.96. The Morgan fingerprint density at radius 1 is 1.39 bits per heavy atom. The number of nitrogens with zero attached hydrogens (tertiary/aromatic N) is 2. The van der Waals surface area contributed by atoms with Crippen molar-refractivity contribution in [1.29, 1.82) is 0 Å². The Morgan fingerprint density at radius 2 is 2.33 bits per heavy atom. The zero-order valence-electron chi connectivity index (χ0n) is 10.1. The van der Waals surface area contributed by atoms with Crippen molar-refractivity contribution in [3.63, 3.8) is 0 Å². The Bertz CT molecular complexity index is 492. The first-order valence-corrected chi connectivity index (χ1v) is 6.68. The number of H-pyrrole nitrogens is 1. The van der Waals surface area contributed by atoms with Crippen molar-refractivity contribution in [2.45, 2.75) is 25.4 Å². The first kappa shape index (κ1) is 11.8. The van der Waals surface area contributed by atoms with E-state index in [1.807, 2.05) is 18.5 Å². The van der Waals surface area contributed by atoms with Crippen LogP contribution in [0.4, 0.5) is 0 Å². The third-order valence-electron chi connectivity index (χ3n) is 3.52. The topological polar surface area (TPSA) is 31.9 Å². The molecule has 3 rings (SSSR count). The molecule has 1 N–H and O–H groups in total. The van der Waals surface area contributed by atoms with Gasteiger partial charge in [-0.15, -0.1) is 0 Å². The molecule has 0 saturated carbocycles. The minimum Gasteiger partial charge on any atom is -0.364 e. The minimum atomic E-state index is 0.510. The van der Waals surface area contributed by atoms with Crippen molar-refractivity contribution < 1.29 is 0 Å². The van der Waals surface area contributed by atoms with E-state index in [4.69, 9.17) is 11.6 Å². The van der Waals surface area contributed by atoms with Crippen LogP contribution in [-0.2, 0) is 6.54 Å². The molecule has 3 heterocycles. The number of pyridine rings is 1. The number of rotatable bonds is 3. The lowest BCUT2D eigenvalue weighted by Crippen LogP contribution is -2.23. The molecule has 0 bridgehead atoms. The van der Waals surface area contributed by atoms with Gasteiger partial charge < -0.3 is 4.98 Å². The molecule has 2 aromatic rings. The molecule has 94 valence electrons. The first-order chi connectivity index (χ1) is 8.83. The number of halogens is 1. The zero-order chi connectivity index (χ0) is 12.4. The summed E-state index contributed by atoms with van der Waals surface area (Å²) in [5.74, 6) is 0. The maximum absolute atomic E-state index is 5.81. The summed E-state index contributed by atoms with van der Waals surface area (Å²) in [5, 5.41) is 0.557. The molecular weight excluding hydrogens is 246 g/mol. The van der Waals surface area contributed by atoms with Gasteiger partial charge in [-0.05, 0) is 43.1 Å². The van der Waals surface area contributed by atoms with Crippen LogP contribution in [0.25, 0.3) is 0 Å². The van der Waals surface area contributed by atoms with Crippen LogP contribution in [0, 0.1) is 0 Å². The average molecular weight is 262 g/mol. The third kappa shape index (κ3) is 2.42. The molecule has 1 aliphatic rings. The van der Waals surface area contributed by atoms with Gasteiger partial charge in [0.25, 0.3) is 0 Å². The fourth-order valence-electron chi connectivity index (χ4n) is 2.65. The molecule has 18 heavy (non-hydrogen) atoms. The van der Waals surface area contributed by atoms with Crippen molar-refractivity contribution >= 4 is 11.6 Å². The molecular formula is C14H16ClN3. The summed E-state index contributed by atoms with van der Waals surface area (Å²) in [5.41, 5.74) is 2.53. The average Bonchev–Trinajstić information content (AvgIpc) is 3.02. The highest BCUT2D eigenvalue weighted by molar-refractivity contribution is 6.29. The van der Waals surface area contributed by atoms with Crippen LogP contribution in [0.5, 0.6) is 0 Å². The molecule has 0 unspecified atom stereocenters. The first-order valence-electron chi connectivity index (χ1n) is 6.31. The maximum atomic E-state index is 5.81. The largest absolute Gasteiger partial charge is 0.364 e. The van der Waals surface area contributed by atoms with Crippen molar-refractivity contribution in [3.05, 3.63) is 53.1 Å². The molecule has 4 heteroatoms. The number of hydrogen-bond donors (Lipinski definition) is 1. The predicted molar refractivity (Wildman–Crippen MR) is 72.4 cm³/mol. The van der Waals surface area contributed by atoms with Gasteiger partial charge in [0.2, 0.25) is 0 Å². The van der Waals surface area contributed by atoms with E-state index in [0.717, 1.165) is 13.1 Å². The number of nitrogens with one attached hydrogen (secondary N) is 1. The van der Waals surface area contributed by atoms with Crippen molar-refractivity contribution in [2.75, 3.05) is 6.54 Å². The number of likely N-dealkylation sites (tertiary alicyclic amines) is 1. The van der Waals surface area contributed by atoms with Crippen LogP contribution in [0.2, 0.25) is 5.15 Å². The lowest BCUT2D eigenvalue weighted by atomic mass is 10.1. The molecule has 0 radical (unpaired) electrons. The van der Waals surface area contributed by atoms with Gasteiger partial charge in [0, 0.05) is 24.6 Å². The van der Waals surface area contributed by atoms with Crippen LogP contribution < -0.4 is 0 Å². The van der Waals surface area contributed by atoms with Gasteiger partial charge in [0.15, 0.2) is 0 Å². The lowest BCUT2D eigenvalue weighted by molar-refractivity contribution is 0.245. The van der Waals surface area contributed by atoms with E-state index in [1.165, 1.54) is 24.1 Å². The second-order valence-corrected chi connectivity index (χ2v) is 5.13. The van der Waals surface area contributed by atoms with Gasteiger partial charge in [-0.1, -0.05) is 17.7 Å². The molecule has 2 aromatic heterocycles. The highest BCUT2D eigenvalue weighted by atomic mass is 35.5. The number of aromatic amines is 1. The van der Waals surface area contributed by atoms with Gasteiger partial charge in [0.1, 0.15) is 5.15 Å². The second kappa shape index (κ2) is 5.12. The fraction of sp³-hybridized carbons (Fsp3) is 0.357. The van der Waals surface area contributed by atoms with Crippen LogP contribution in [0.15, 0.2) is 36.7 Å². The Morgan fingerprint density at radius 3 is 3.06 bits per heavy atom. The smallest absolute Gasteiger partial charge is 0.129 e. The van der Waals surface area contributed by atoms with E-state index in [1.54, 1.807) is 0 Å². The summed E-state index contributed by atoms with van der Waals surface area (Å²) in [6.07, 6.45) is 6.34. The lowest BCUT2D eigenvalue weighted by Gasteiger charge is -2.23. The zero-order valence-corrected chi connectivity index (χ0v) is 10.9. The summed E-state index contributed by atoms with van der Waals surface area (Å²) in [7, 11) is 0. The normalized spacial score (nSPS) is 20.4. The van der Waals surface area contributed by atoms with Crippen molar-refractivity contribution in [1.82, 2.24) is 14.9 Å². The number of hydrogen-bond acceptors (Lipinski definition) is 2. The van der Waals surface area contributed by atoms with Crippen molar-refractivity contribution in [3.8, 4) is 0 Å². The van der Waals surface area contributed by atoms with E-state index in [0.29, 0.717) is 11.2 Å². The molecule has 1 saturated heterocycles. The molecule has 0 amide bonds. The summed E-state index contributed by atoms with van der Waals surface area (Å²) >= 11 is 5.81. The molecule has 0 aromatic carbocycles. The van der Waals surface area contributed by atoms with Crippen LogP contribution >= 0.6 is 11.6 Å². The van der Waals surface area contributed by atoms with Gasteiger partial charge >= 0.3 is 0 Å². The Labute approximate surface area is 112 Å². The van der Waals surface area contributed by atoms with Gasteiger partial charge in [0.05, 0.1) is 6.04 Å². The molecule has 0 spiro atoms. The van der Waals surface area contributed by atoms with Crippen LogP contribution in [0.1, 0.15) is 30.1 Å². The van der Waals surface area contributed by atoms with E-state index >= 15 is 0 Å². The van der Waals surface area contributed by atoms with Gasteiger partial charge in [-0.3, -0.25) is 4.90 Å². The monoisotopic (exact) mass is 261 g/mol. The maximum Gasteiger partial charge on any atom is 0.129 e. The van der Waals surface area contributed by atoms with E-state index in [9.17, 15) is 0 Å². The molecule has 1 aliphatic heterocycles.